The Balaban J connectivity index is 2.29. The number of hydrogen-bond acceptors (Lipinski definition) is 4. The van der Waals surface area contributed by atoms with E-state index in [1.165, 1.54) is 6.07 Å². The fourth-order valence-electron chi connectivity index (χ4n) is 2.02. The van der Waals surface area contributed by atoms with Crippen molar-refractivity contribution in [2.45, 2.75) is 13.8 Å². The van der Waals surface area contributed by atoms with Crippen LogP contribution in [0.15, 0.2) is 36.4 Å². The van der Waals surface area contributed by atoms with Gasteiger partial charge in [0.2, 0.25) is 0 Å². The van der Waals surface area contributed by atoms with Crippen LogP contribution in [0.3, 0.4) is 0 Å². The molecule has 21 heavy (non-hydrogen) atoms. The van der Waals surface area contributed by atoms with Crippen molar-refractivity contribution in [2.75, 3.05) is 5.32 Å². The maximum Gasteiger partial charge on any atom is 0.310 e. The predicted octanol–water partition coefficient (Wildman–Crippen LogP) is 3.17. The second-order valence-corrected chi connectivity index (χ2v) is 4.68. The molecule has 1 amide bonds. The highest BCUT2D eigenvalue weighted by Gasteiger charge is 2.16. The maximum absolute atomic E-state index is 12.2. The summed E-state index contributed by atoms with van der Waals surface area (Å²) in [5.41, 5.74) is 2.24. The van der Waals surface area contributed by atoms with Crippen LogP contribution in [0.5, 0.6) is 5.75 Å². The Morgan fingerprint density at radius 2 is 1.81 bits per heavy atom. The number of rotatable bonds is 3. The Kier molecular flexibility index (Phi) is 3.89. The minimum Gasteiger partial charge on any atom is -0.502 e. The predicted molar refractivity (Wildman–Crippen MR) is 78.6 cm³/mol. The van der Waals surface area contributed by atoms with Gasteiger partial charge < -0.3 is 10.4 Å². The first kappa shape index (κ1) is 14.5. The fraction of sp³-hybridized carbons (Fsp3) is 0.133. The molecule has 0 aliphatic rings. The van der Waals surface area contributed by atoms with Crippen LogP contribution in [0.25, 0.3) is 0 Å². The highest BCUT2D eigenvalue weighted by Crippen LogP contribution is 2.27. The number of carbonyl (C=O) groups excluding carboxylic acids is 1. The van der Waals surface area contributed by atoms with E-state index in [4.69, 9.17) is 0 Å². The van der Waals surface area contributed by atoms with Crippen LogP contribution in [0.1, 0.15) is 21.5 Å². The Morgan fingerprint density at radius 1 is 1.19 bits per heavy atom. The van der Waals surface area contributed by atoms with Gasteiger partial charge in [0.25, 0.3) is 5.91 Å². The standard InChI is InChI=1S/C15H14N2O4/c1-9-4-3-5-10(2)14(9)16-15(19)11-6-7-12(17(20)21)13(18)8-11/h3-8,18H,1-2H3,(H,16,19). The smallest absolute Gasteiger partial charge is 0.310 e. The minimum atomic E-state index is -0.706. The van der Waals surface area contributed by atoms with Gasteiger partial charge >= 0.3 is 5.69 Å². The van der Waals surface area contributed by atoms with Gasteiger partial charge in [0.05, 0.1) is 4.92 Å². The SMILES string of the molecule is Cc1cccc(C)c1NC(=O)c1ccc([N+](=O)[O-])c(O)c1. The van der Waals surface area contributed by atoms with Gasteiger partial charge in [-0.05, 0) is 37.1 Å². The lowest BCUT2D eigenvalue weighted by molar-refractivity contribution is -0.385. The zero-order chi connectivity index (χ0) is 15.6. The van der Waals surface area contributed by atoms with E-state index in [1.54, 1.807) is 0 Å². The van der Waals surface area contributed by atoms with E-state index >= 15 is 0 Å². The van der Waals surface area contributed by atoms with E-state index in [2.05, 4.69) is 5.32 Å². The third-order valence-corrected chi connectivity index (χ3v) is 3.15. The second-order valence-electron chi connectivity index (χ2n) is 4.68. The number of nitrogens with zero attached hydrogens (tertiary/aromatic N) is 1. The first-order valence-corrected chi connectivity index (χ1v) is 6.25. The first-order valence-electron chi connectivity index (χ1n) is 6.25. The molecule has 0 radical (unpaired) electrons. The molecule has 2 N–H and O–H groups in total. The molecule has 0 spiro atoms. The molecular formula is C15H14N2O4. The number of nitro benzene ring substituents is 1. The third kappa shape index (κ3) is 3.00. The summed E-state index contributed by atoms with van der Waals surface area (Å²) in [4.78, 5) is 22.1. The number of aryl methyl sites for hydroxylation is 2. The number of amides is 1. The maximum atomic E-state index is 12.2. The molecule has 0 heterocycles. The summed E-state index contributed by atoms with van der Waals surface area (Å²) in [6.45, 7) is 3.74. The Morgan fingerprint density at radius 3 is 2.33 bits per heavy atom. The number of aromatic hydroxyl groups is 1. The van der Waals surface area contributed by atoms with Crippen LogP contribution in [0, 0.1) is 24.0 Å². The molecule has 0 unspecified atom stereocenters. The Hall–Kier alpha value is -2.89. The van der Waals surface area contributed by atoms with E-state index in [0.717, 1.165) is 23.3 Å². The number of nitro groups is 1. The third-order valence-electron chi connectivity index (χ3n) is 3.15. The molecule has 2 aromatic carbocycles. The van der Waals surface area contributed by atoms with Crippen LogP contribution in [-0.2, 0) is 0 Å². The lowest BCUT2D eigenvalue weighted by atomic mass is 10.1. The van der Waals surface area contributed by atoms with Crippen molar-refractivity contribution in [3.05, 3.63) is 63.2 Å². The molecule has 0 bridgehead atoms. The van der Waals surface area contributed by atoms with Crippen molar-refractivity contribution >= 4 is 17.3 Å². The summed E-state index contributed by atoms with van der Waals surface area (Å²) < 4.78 is 0. The Bertz CT molecular complexity index is 705. The summed E-state index contributed by atoms with van der Waals surface area (Å²) in [7, 11) is 0. The van der Waals surface area contributed by atoms with Gasteiger partial charge in [-0.2, -0.15) is 0 Å². The van der Waals surface area contributed by atoms with Crippen molar-refractivity contribution in [1.29, 1.82) is 0 Å². The quantitative estimate of drug-likeness (QED) is 0.669. The number of phenols is 1. The van der Waals surface area contributed by atoms with Crippen LogP contribution in [0.4, 0.5) is 11.4 Å². The zero-order valence-electron chi connectivity index (χ0n) is 11.6. The number of hydrogen-bond donors (Lipinski definition) is 2. The van der Waals surface area contributed by atoms with Gasteiger partial charge in [-0.3, -0.25) is 14.9 Å². The highest BCUT2D eigenvalue weighted by atomic mass is 16.6. The average molecular weight is 286 g/mol. The molecule has 0 aromatic heterocycles. The van der Waals surface area contributed by atoms with Gasteiger partial charge in [0.15, 0.2) is 5.75 Å². The van der Waals surface area contributed by atoms with E-state index < -0.39 is 22.3 Å². The number of benzene rings is 2. The molecule has 0 fully saturated rings. The number of nitrogens with one attached hydrogen (secondary N) is 1. The van der Waals surface area contributed by atoms with Crippen molar-refractivity contribution < 1.29 is 14.8 Å². The van der Waals surface area contributed by atoms with Gasteiger partial charge in [0, 0.05) is 17.3 Å². The molecular weight excluding hydrogens is 272 g/mol. The summed E-state index contributed by atoms with van der Waals surface area (Å²) in [5.74, 6) is -0.966. The summed E-state index contributed by atoms with van der Waals surface area (Å²) >= 11 is 0. The monoisotopic (exact) mass is 286 g/mol. The van der Waals surface area contributed by atoms with Gasteiger partial charge in [-0.15, -0.1) is 0 Å². The first-order chi connectivity index (χ1) is 9.90. The Labute approximate surface area is 121 Å². The second kappa shape index (κ2) is 5.62. The normalized spacial score (nSPS) is 10.2. The van der Waals surface area contributed by atoms with Crippen LogP contribution < -0.4 is 5.32 Å². The summed E-state index contributed by atoms with van der Waals surface area (Å²) in [6, 6.07) is 9.13. The molecule has 2 rings (SSSR count). The molecule has 2 aromatic rings. The topological polar surface area (TPSA) is 92.5 Å². The molecule has 6 heteroatoms. The number of anilines is 1. The van der Waals surface area contributed by atoms with Crippen molar-refractivity contribution in [3.63, 3.8) is 0 Å². The molecule has 6 nitrogen and oxygen atoms in total. The van der Waals surface area contributed by atoms with E-state index in [0.29, 0.717) is 5.69 Å². The molecule has 0 atom stereocenters. The molecule has 0 saturated heterocycles. The number of para-hydroxylation sites is 1. The van der Waals surface area contributed by atoms with Gasteiger partial charge in [-0.25, -0.2) is 0 Å². The van der Waals surface area contributed by atoms with Crippen molar-refractivity contribution in [2.24, 2.45) is 0 Å². The van der Waals surface area contributed by atoms with Crippen LogP contribution in [0.2, 0.25) is 0 Å². The van der Waals surface area contributed by atoms with Crippen LogP contribution >= 0.6 is 0 Å². The van der Waals surface area contributed by atoms with E-state index in [1.807, 2.05) is 32.0 Å². The fourth-order valence-corrected chi connectivity index (χ4v) is 2.02. The van der Waals surface area contributed by atoms with Gasteiger partial charge in [-0.1, -0.05) is 18.2 Å². The number of phenolic OH excluding ortho intramolecular Hbond substituents is 1. The van der Waals surface area contributed by atoms with Crippen molar-refractivity contribution in [3.8, 4) is 5.75 Å². The molecule has 0 aliphatic carbocycles. The van der Waals surface area contributed by atoms with Gasteiger partial charge in [0.1, 0.15) is 0 Å². The molecule has 0 saturated carbocycles. The lowest BCUT2D eigenvalue weighted by Crippen LogP contribution is -2.13. The van der Waals surface area contributed by atoms with Crippen LogP contribution in [-0.4, -0.2) is 15.9 Å². The lowest BCUT2D eigenvalue weighted by Gasteiger charge is -2.11. The highest BCUT2D eigenvalue weighted by molar-refractivity contribution is 6.05. The molecule has 0 aliphatic heterocycles. The summed E-state index contributed by atoms with van der Waals surface area (Å²) in [6.07, 6.45) is 0. The average Bonchev–Trinajstić information content (AvgIpc) is 2.42. The number of carbonyl (C=O) groups is 1. The zero-order valence-corrected chi connectivity index (χ0v) is 11.6. The summed E-state index contributed by atoms with van der Waals surface area (Å²) in [5, 5.41) is 22.9. The van der Waals surface area contributed by atoms with E-state index in [-0.39, 0.29) is 5.56 Å². The van der Waals surface area contributed by atoms with Crippen molar-refractivity contribution in [1.82, 2.24) is 0 Å². The molecule has 108 valence electrons. The van der Waals surface area contributed by atoms with E-state index in [9.17, 15) is 20.0 Å². The largest absolute Gasteiger partial charge is 0.502 e. The minimum absolute atomic E-state index is 0.153.